The Morgan fingerprint density at radius 3 is 3.20 bits per heavy atom. The molecule has 0 bridgehead atoms. The van der Waals surface area contributed by atoms with E-state index in [-0.39, 0.29) is 17.6 Å². The molecule has 2 N–H and O–H groups in total. The van der Waals surface area contributed by atoms with Gasteiger partial charge < -0.3 is 10.4 Å². The maximum absolute atomic E-state index is 13.2. The standard InChI is InChI=1S/C15H18FN3O/c1-19-14-4-2-3-13(12(14)9-18-19)17-8-10-7-11(16)5-6-15(10)20/h5-7,9,13,17,20H,2-4,8H2,1H3. The maximum atomic E-state index is 13.2. The van der Waals surface area contributed by atoms with E-state index in [1.165, 1.54) is 29.5 Å². The molecule has 0 amide bonds. The monoisotopic (exact) mass is 275 g/mol. The third kappa shape index (κ3) is 2.41. The summed E-state index contributed by atoms with van der Waals surface area (Å²) in [5.74, 6) is -0.202. The van der Waals surface area contributed by atoms with Gasteiger partial charge >= 0.3 is 0 Å². The lowest BCUT2D eigenvalue weighted by atomic mass is 9.93. The normalized spacial score (nSPS) is 18.0. The second kappa shape index (κ2) is 5.25. The number of hydrogen-bond donors (Lipinski definition) is 2. The zero-order chi connectivity index (χ0) is 14.1. The van der Waals surface area contributed by atoms with Crippen LogP contribution in [0.1, 0.15) is 35.7 Å². The summed E-state index contributed by atoms with van der Waals surface area (Å²) in [5.41, 5.74) is 3.06. The van der Waals surface area contributed by atoms with Crippen molar-refractivity contribution in [1.29, 1.82) is 0 Å². The van der Waals surface area contributed by atoms with Gasteiger partial charge in [-0.3, -0.25) is 4.68 Å². The summed E-state index contributed by atoms with van der Waals surface area (Å²) in [6.45, 7) is 0.447. The molecule has 1 aromatic carbocycles. The molecular formula is C15H18FN3O. The molecule has 0 saturated carbocycles. The van der Waals surface area contributed by atoms with Crippen molar-refractivity contribution in [2.45, 2.75) is 31.8 Å². The van der Waals surface area contributed by atoms with Crippen LogP contribution in [0.4, 0.5) is 4.39 Å². The first-order valence-electron chi connectivity index (χ1n) is 6.86. The van der Waals surface area contributed by atoms with Crippen LogP contribution in [0.5, 0.6) is 5.75 Å². The fourth-order valence-electron chi connectivity index (χ4n) is 2.85. The number of hydrogen-bond acceptors (Lipinski definition) is 3. The lowest BCUT2D eigenvalue weighted by Gasteiger charge is -2.24. The van der Waals surface area contributed by atoms with Crippen molar-refractivity contribution in [1.82, 2.24) is 15.1 Å². The van der Waals surface area contributed by atoms with Gasteiger partial charge in [0.25, 0.3) is 0 Å². The van der Waals surface area contributed by atoms with Gasteiger partial charge in [-0.15, -0.1) is 0 Å². The zero-order valence-corrected chi connectivity index (χ0v) is 11.4. The number of fused-ring (bicyclic) bond motifs is 1. The summed E-state index contributed by atoms with van der Waals surface area (Å²) >= 11 is 0. The summed E-state index contributed by atoms with van der Waals surface area (Å²) < 4.78 is 15.1. The molecule has 0 radical (unpaired) electrons. The largest absolute Gasteiger partial charge is 0.508 e. The Morgan fingerprint density at radius 2 is 2.35 bits per heavy atom. The van der Waals surface area contributed by atoms with Gasteiger partial charge in [-0.05, 0) is 37.5 Å². The Morgan fingerprint density at radius 1 is 1.50 bits per heavy atom. The van der Waals surface area contributed by atoms with Gasteiger partial charge in [0.15, 0.2) is 0 Å². The Labute approximate surface area is 117 Å². The molecule has 106 valence electrons. The quantitative estimate of drug-likeness (QED) is 0.904. The highest BCUT2D eigenvalue weighted by Gasteiger charge is 2.23. The summed E-state index contributed by atoms with van der Waals surface area (Å²) in [6, 6.07) is 4.24. The number of aromatic hydroxyl groups is 1. The van der Waals surface area contributed by atoms with E-state index >= 15 is 0 Å². The van der Waals surface area contributed by atoms with Crippen LogP contribution in [-0.4, -0.2) is 14.9 Å². The average Bonchev–Trinajstić information content (AvgIpc) is 2.82. The highest BCUT2D eigenvalue weighted by molar-refractivity contribution is 5.33. The van der Waals surface area contributed by atoms with E-state index in [1.54, 1.807) is 0 Å². The summed E-state index contributed by atoms with van der Waals surface area (Å²) in [4.78, 5) is 0. The summed E-state index contributed by atoms with van der Waals surface area (Å²) in [7, 11) is 1.96. The summed E-state index contributed by atoms with van der Waals surface area (Å²) in [5, 5.41) is 17.4. The molecule has 0 saturated heterocycles. The van der Waals surface area contributed by atoms with Crippen LogP contribution >= 0.6 is 0 Å². The first kappa shape index (κ1) is 13.1. The Kier molecular flexibility index (Phi) is 3.44. The van der Waals surface area contributed by atoms with E-state index in [0.717, 1.165) is 19.3 Å². The number of aromatic nitrogens is 2. The van der Waals surface area contributed by atoms with E-state index in [4.69, 9.17) is 0 Å². The van der Waals surface area contributed by atoms with Gasteiger partial charge in [-0.25, -0.2) is 4.39 Å². The molecule has 4 nitrogen and oxygen atoms in total. The highest BCUT2D eigenvalue weighted by Crippen LogP contribution is 2.30. The number of nitrogens with one attached hydrogen (secondary N) is 1. The van der Waals surface area contributed by atoms with Crippen LogP contribution in [0.3, 0.4) is 0 Å². The minimum atomic E-state index is -0.328. The number of halogens is 1. The number of rotatable bonds is 3. The molecule has 1 unspecified atom stereocenters. The molecule has 1 aliphatic carbocycles. The van der Waals surface area contributed by atoms with Gasteiger partial charge in [-0.2, -0.15) is 5.10 Å². The molecule has 5 heteroatoms. The Hall–Kier alpha value is -1.88. The van der Waals surface area contributed by atoms with E-state index < -0.39 is 0 Å². The van der Waals surface area contributed by atoms with Crippen molar-refractivity contribution in [2.24, 2.45) is 7.05 Å². The minimum Gasteiger partial charge on any atom is -0.508 e. The fourth-order valence-corrected chi connectivity index (χ4v) is 2.85. The second-order valence-electron chi connectivity index (χ2n) is 5.27. The van der Waals surface area contributed by atoms with E-state index in [2.05, 4.69) is 10.4 Å². The van der Waals surface area contributed by atoms with Gasteiger partial charge in [0.1, 0.15) is 11.6 Å². The molecule has 1 heterocycles. The molecule has 3 rings (SSSR count). The SMILES string of the molecule is Cn1ncc2c1CCCC2NCc1cc(F)ccc1O. The average molecular weight is 275 g/mol. The van der Waals surface area contributed by atoms with Crippen molar-refractivity contribution in [3.8, 4) is 5.75 Å². The van der Waals surface area contributed by atoms with Crippen LogP contribution in [0, 0.1) is 5.82 Å². The molecule has 1 aliphatic rings. The van der Waals surface area contributed by atoms with Crippen LogP contribution in [-0.2, 0) is 20.0 Å². The number of nitrogens with zero attached hydrogens (tertiary/aromatic N) is 2. The van der Waals surface area contributed by atoms with Crippen molar-refractivity contribution >= 4 is 0 Å². The summed E-state index contributed by atoms with van der Waals surface area (Å²) in [6.07, 6.45) is 5.10. The molecule has 0 aliphatic heterocycles. The van der Waals surface area contributed by atoms with Gasteiger partial charge in [0.2, 0.25) is 0 Å². The van der Waals surface area contributed by atoms with E-state index in [1.807, 2.05) is 17.9 Å². The van der Waals surface area contributed by atoms with Gasteiger partial charge in [0, 0.05) is 36.5 Å². The van der Waals surface area contributed by atoms with E-state index in [0.29, 0.717) is 12.1 Å². The van der Waals surface area contributed by atoms with Gasteiger partial charge in [0.05, 0.1) is 6.20 Å². The Bertz CT molecular complexity index is 624. The van der Waals surface area contributed by atoms with Crippen molar-refractivity contribution in [3.05, 3.63) is 47.0 Å². The van der Waals surface area contributed by atoms with Crippen molar-refractivity contribution in [2.75, 3.05) is 0 Å². The third-order valence-electron chi connectivity index (χ3n) is 3.96. The van der Waals surface area contributed by atoms with Gasteiger partial charge in [-0.1, -0.05) is 0 Å². The number of phenols is 1. The first-order valence-corrected chi connectivity index (χ1v) is 6.86. The predicted octanol–water partition coefficient (Wildman–Crippen LogP) is 2.43. The molecule has 20 heavy (non-hydrogen) atoms. The Balaban J connectivity index is 1.75. The van der Waals surface area contributed by atoms with Crippen LogP contribution in [0.2, 0.25) is 0 Å². The molecule has 1 aromatic heterocycles. The first-order chi connectivity index (χ1) is 9.65. The highest BCUT2D eigenvalue weighted by atomic mass is 19.1. The molecule has 0 spiro atoms. The second-order valence-corrected chi connectivity index (χ2v) is 5.27. The van der Waals surface area contributed by atoms with Crippen molar-refractivity contribution < 1.29 is 9.50 Å². The molecular weight excluding hydrogens is 257 g/mol. The topological polar surface area (TPSA) is 50.1 Å². The predicted molar refractivity (Wildman–Crippen MR) is 73.8 cm³/mol. The number of aryl methyl sites for hydroxylation is 1. The van der Waals surface area contributed by atoms with Crippen LogP contribution in [0.15, 0.2) is 24.4 Å². The number of phenolic OH excluding ortho intramolecular Hbond substituents is 1. The number of benzene rings is 1. The van der Waals surface area contributed by atoms with Crippen LogP contribution in [0.25, 0.3) is 0 Å². The van der Waals surface area contributed by atoms with Crippen molar-refractivity contribution in [3.63, 3.8) is 0 Å². The smallest absolute Gasteiger partial charge is 0.123 e. The lowest BCUT2D eigenvalue weighted by Crippen LogP contribution is -2.25. The van der Waals surface area contributed by atoms with Crippen LogP contribution < -0.4 is 5.32 Å². The fraction of sp³-hybridized carbons (Fsp3) is 0.400. The lowest BCUT2D eigenvalue weighted by molar-refractivity contribution is 0.432. The molecule has 0 fully saturated rings. The molecule has 2 aromatic rings. The minimum absolute atomic E-state index is 0.126. The van der Waals surface area contributed by atoms with E-state index in [9.17, 15) is 9.50 Å². The zero-order valence-electron chi connectivity index (χ0n) is 11.4. The maximum Gasteiger partial charge on any atom is 0.123 e. The molecule has 1 atom stereocenters. The third-order valence-corrected chi connectivity index (χ3v) is 3.96.